The van der Waals surface area contributed by atoms with Gasteiger partial charge in [-0.15, -0.1) is 0 Å². The van der Waals surface area contributed by atoms with Crippen molar-refractivity contribution in [1.29, 1.82) is 5.26 Å². The van der Waals surface area contributed by atoms with E-state index in [1.807, 2.05) is 18.2 Å². The SMILES string of the molecule is C[C@@]1(c2ccc3c(c2)CCC3)NC(=O)N(CC(=O)NC2(C#N)CCCC2)C1=O. The van der Waals surface area contributed by atoms with Crippen molar-refractivity contribution in [3.05, 3.63) is 34.9 Å². The van der Waals surface area contributed by atoms with Crippen molar-refractivity contribution < 1.29 is 14.4 Å². The third-order valence-electron chi connectivity index (χ3n) is 6.30. The smallest absolute Gasteiger partial charge is 0.325 e. The number of aryl methyl sites for hydroxylation is 2. The van der Waals surface area contributed by atoms with E-state index >= 15 is 0 Å². The minimum atomic E-state index is -1.19. The van der Waals surface area contributed by atoms with E-state index in [1.165, 1.54) is 11.1 Å². The average molecular weight is 380 g/mol. The molecule has 1 aromatic carbocycles. The Morgan fingerprint density at radius 1 is 1.21 bits per heavy atom. The molecule has 2 fully saturated rings. The molecule has 0 radical (unpaired) electrons. The lowest BCUT2D eigenvalue weighted by Gasteiger charge is -2.24. The van der Waals surface area contributed by atoms with E-state index in [4.69, 9.17) is 0 Å². The van der Waals surface area contributed by atoms with E-state index in [-0.39, 0.29) is 6.54 Å². The fraction of sp³-hybridized carbons (Fsp3) is 0.524. The number of carbonyl (C=O) groups excluding carboxylic acids is 3. The normalized spacial score (nSPS) is 25.4. The summed E-state index contributed by atoms with van der Waals surface area (Å²) in [6.45, 7) is 1.30. The van der Waals surface area contributed by atoms with Crippen molar-refractivity contribution in [3.8, 4) is 6.07 Å². The summed E-state index contributed by atoms with van der Waals surface area (Å²) in [7, 11) is 0. The lowest BCUT2D eigenvalue weighted by atomic mass is 9.89. The molecule has 1 aliphatic heterocycles. The van der Waals surface area contributed by atoms with Crippen LogP contribution < -0.4 is 10.6 Å². The molecule has 2 aliphatic carbocycles. The molecule has 4 amide bonds. The van der Waals surface area contributed by atoms with Crippen molar-refractivity contribution in [2.45, 2.75) is 62.9 Å². The molecule has 2 N–H and O–H groups in total. The van der Waals surface area contributed by atoms with Gasteiger partial charge in [-0.2, -0.15) is 5.26 Å². The highest BCUT2D eigenvalue weighted by molar-refractivity contribution is 6.09. The topological polar surface area (TPSA) is 102 Å². The summed E-state index contributed by atoms with van der Waals surface area (Å²) >= 11 is 0. The number of fused-ring (bicyclic) bond motifs is 1. The number of hydrogen-bond acceptors (Lipinski definition) is 4. The Kier molecular flexibility index (Phi) is 4.37. The molecule has 1 saturated heterocycles. The predicted molar refractivity (Wildman–Crippen MR) is 101 cm³/mol. The quantitative estimate of drug-likeness (QED) is 0.779. The Bertz CT molecular complexity index is 897. The molecule has 28 heavy (non-hydrogen) atoms. The molecule has 146 valence electrons. The summed E-state index contributed by atoms with van der Waals surface area (Å²) in [5.41, 5.74) is 1.18. The predicted octanol–water partition coefficient (Wildman–Crippen LogP) is 1.89. The van der Waals surface area contributed by atoms with Crippen molar-refractivity contribution in [2.75, 3.05) is 6.54 Å². The van der Waals surface area contributed by atoms with E-state index in [0.29, 0.717) is 12.8 Å². The average Bonchev–Trinajstić information content (AvgIpc) is 3.38. The Morgan fingerprint density at radius 2 is 1.93 bits per heavy atom. The van der Waals surface area contributed by atoms with Crippen molar-refractivity contribution in [3.63, 3.8) is 0 Å². The first kappa shape index (κ1) is 18.5. The van der Waals surface area contributed by atoms with Crippen LogP contribution in [0, 0.1) is 11.3 Å². The number of benzene rings is 1. The first-order chi connectivity index (χ1) is 13.4. The van der Waals surface area contributed by atoms with Crippen LogP contribution in [-0.4, -0.2) is 34.8 Å². The summed E-state index contributed by atoms with van der Waals surface area (Å²) in [6.07, 6.45) is 6.08. The number of nitriles is 1. The van der Waals surface area contributed by atoms with Crippen LogP contribution in [0.25, 0.3) is 0 Å². The number of carbonyl (C=O) groups is 3. The second-order valence-corrected chi connectivity index (χ2v) is 8.23. The van der Waals surface area contributed by atoms with Gasteiger partial charge < -0.3 is 10.6 Å². The van der Waals surface area contributed by atoms with Gasteiger partial charge in [-0.1, -0.05) is 18.2 Å². The van der Waals surface area contributed by atoms with Gasteiger partial charge in [0.25, 0.3) is 5.91 Å². The molecule has 1 heterocycles. The van der Waals surface area contributed by atoms with Crippen LogP contribution in [0.3, 0.4) is 0 Å². The third kappa shape index (κ3) is 2.93. The first-order valence-electron chi connectivity index (χ1n) is 9.86. The summed E-state index contributed by atoms with van der Waals surface area (Å²) in [6, 6.07) is 7.50. The van der Waals surface area contributed by atoms with Gasteiger partial charge in [0.05, 0.1) is 6.07 Å². The number of urea groups is 1. The second-order valence-electron chi connectivity index (χ2n) is 8.23. The molecular formula is C21H24N4O3. The molecule has 0 unspecified atom stereocenters. The molecule has 7 nitrogen and oxygen atoms in total. The standard InChI is InChI=1S/C21H24N4O3/c1-20(16-8-7-14-5-4-6-15(14)11-16)18(27)25(19(28)24-20)12-17(26)23-21(13-22)9-2-3-10-21/h7-8,11H,2-6,9-10,12H2,1H3,(H,23,26)(H,24,28)/t20-/m0/s1. The lowest BCUT2D eigenvalue weighted by Crippen LogP contribution is -2.50. The highest BCUT2D eigenvalue weighted by Gasteiger charge is 2.50. The van der Waals surface area contributed by atoms with Gasteiger partial charge in [0.1, 0.15) is 17.6 Å². The number of imide groups is 1. The monoisotopic (exact) mass is 380 g/mol. The van der Waals surface area contributed by atoms with Gasteiger partial charge in [0.15, 0.2) is 0 Å². The number of nitrogens with zero attached hydrogens (tertiary/aromatic N) is 2. The van der Waals surface area contributed by atoms with Crippen LogP contribution in [0.5, 0.6) is 0 Å². The van der Waals surface area contributed by atoms with Crippen molar-refractivity contribution in [1.82, 2.24) is 15.5 Å². The number of amides is 4. The van der Waals surface area contributed by atoms with Crippen LogP contribution in [0.15, 0.2) is 18.2 Å². The van der Waals surface area contributed by atoms with E-state index in [9.17, 15) is 19.6 Å². The maximum absolute atomic E-state index is 13.1. The number of nitrogens with one attached hydrogen (secondary N) is 2. The first-order valence-corrected chi connectivity index (χ1v) is 9.86. The lowest BCUT2D eigenvalue weighted by molar-refractivity contribution is -0.135. The van der Waals surface area contributed by atoms with Crippen LogP contribution in [-0.2, 0) is 28.0 Å². The molecule has 0 bridgehead atoms. The van der Waals surface area contributed by atoms with Crippen LogP contribution >= 0.6 is 0 Å². The van der Waals surface area contributed by atoms with Crippen LogP contribution in [0.2, 0.25) is 0 Å². The zero-order chi connectivity index (χ0) is 19.9. The van der Waals surface area contributed by atoms with Gasteiger partial charge in [0, 0.05) is 0 Å². The second kappa shape index (κ2) is 6.62. The van der Waals surface area contributed by atoms with Crippen LogP contribution in [0.4, 0.5) is 4.79 Å². The van der Waals surface area contributed by atoms with E-state index in [2.05, 4.69) is 16.7 Å². The molecule has 1 saturated carbocycles. The number of hydrogen-bond donors (Lipinski definition) is 2. The van der Waals surface area contributed by atoms with Crippen LogP contribution in [0.1, 0.15) is 55.7 Å². The van der Waals surface area contributed by atoms with Gasteiger partial charge in [-0.3, -0.25) is 14.5 Å². The van der Waals surface area contributed by atoms with Gasteiger partial charge >= 0.3 is 6.03 Å². The van der Waals surface area contributed by atoms with E-state index < -0.39 is 28.9 Å². The van der Waals surface area contributed by atoms with Gasteiger partial charge in [-0.25, -0.2) is 4.79 Å². The highest BCUT2D eigenvalue weighted by atomic mass is 16.2. The minimum Gasteiger partial charge on any atom is -0.336 e. The summed E-state index contributed by atoms with van der Waals surface area (Å²) in [4.78, 5) is 39.0. The fourth-order valence-corrected chi connectivity index (χ4v) is 4.61. The minimum absolute atomic E-state index is 0.380. The molecule has 3 aliphatic rings. The van der Waals surface area contributed by atoms with E-state index in [0.717, 1.165) is 42.6 Å². The van der Waals surface area contributed by atoms with Gasteiger partial charge in [-0.05, 0) is 68.6 Å². The largest absolute Gasteiger partial charge is 0.336 e. The van der Waals surface area contributed by atoms with Crippen molar-refractivity contribution >= 4 is 17.8 Å². The number of rotatable bonds is 4. The molecule has 1 atom stereocenters. The zero-order valence-corrected chi connectivity index (χ0v) is 16.0. The summed E-state index contributed by atoms with van der Waals surface area (Å²) in [5, 5.41) is 14.9. The Morgan fingerprint density at radius 3 is 2.64 bits per heavy atom. The van der Waals surface area contributed by atoms with Gasteiger partial charge in [0.2, 0.25) is 5.91 Å². The molecule has 1 aromatic rings. The Balaban J connectivity index is 1.51. The Hall–Kier alpha value is -2.88. The highest BCUT2D eigenvalue weighted by Crippen LogP contribution is 2.33. The van der Waals surface area contributed by atoms with E-state index in [1.54, 1.807) is 6.92 Å². The summed E-state index contributed by atoms with van der Waals surface area (Å²) in [5.74, 6) is -0.923. The molecule has 0 aromatic heterocycles. The maximum Gasteiger partial charge on any atom is 0.325 e. The van der Waals surface area contributed by atoms with Crippen molar-refractivity contribution in [2.24, 2.45) is 0 Å². The Labute approximate surface area is 164 Å². The molecule has 7 heteroatoms. The molecule has 0 spiro atoms. The molecule has 4 rings (SSSR count). The molecular weight excluding hydrogens is 356 g/mol. The zero-order valence-electron chi connectivity index (χ0n) is 16.0. The fourth-order valence-electron chi connectivity index (χ4n) is 4.61. The summed E-state index contributed by atoms with van der Waals surface area (Å²) < 4.78 is 0. The maximum atomic E-state index is 13.1. The third-order valence-corrected chi connectivity index (χ3v) is 6.30.